The van der Waals surface area contributed by atoms with Crippen LogP contribution in [0.4, 0.5) is 5.95 Å². The van der Waals surface area contributed by atoms with Crippen molar-refractivity contribution in [1.29, 1.82) is 0 Å². The molecule has 0 aliphatic carbocycles. The molecule has 6 nitrogen and oxygen atoms in total. The Bertz CT molecular complexity index is 1090. The molecular formula is C19H20Cl2N4O2S. The van der Waals surface area contributed by atoms with Crippen LogP contribution in [0, 0.1) is 0 Å². The summed E-state index contributed by atoms with van der Waals surface area (Å²) in [5.74, 6) is 0.505. The summed E-state index contributed by atoms with van der Waals surface area (Å²) in [4.78, 5) is 2.17. The normalized spacial score (nSPS) is 15.7. The first kappa shape index (κ1) is 19.5. The van der Waals surface area contributed by atoms with Gasteiger partial charge in [-0.05, 0) is 31.0 Å². The molecule has 0 radical (unpaired) electrons. The minimum atomic E-state index is -3.75. The number of rotatable bonds is 4. The van der Waals surface area contributed by atoms with E-state index in [0.717, 1.165) is 31.9 Å². The molecule has 0 spiro atoms. The maximum atomic E-state index is 13.0. The third-order valence-electron chi connectivity index (χ3n) is 4.96. The summed E-state index contributed by atoms with van der Waals surface area (Å²) < 4.78 is 27.9. The molecule has 0 bridgehead atoms. The Balaban J connectivity index is 1.72. The summed E-state index contributed by atoms with van der Waals surface area (Å²) in [6, 6.07) is 8.23. The van der Waals surface area contributed by atoms with Crippen LogP contribution in [0.3, 0.4) is 0 Å². The maximum Gasteiger partial charge on any atom is 0.231 e. The molecule has 3 heterocycles. The van der Waals surface area contributed by atoms with Crippen LogP contribution in [0.5, 0.6) is 0 Å². The molecule has 2 aromatic heterocycles. The number of fused-ring (bicyclic) bond motifs is 1. The number of pyridine rings is 1. The summed E-state index contributed by atoms with van der Waals surface area (Å²) in [5.41, 5.74) is 1.10. The average Bonchev–Trinajstić information content (AvgIpc) is 2.89. The minimum Gasteiger partial charge on any atom is -0.341 e. The van der Waals surface area contributed by atoms with Gasteiger partial charge in [0.25, 0.3) is 0 Å². The zero-order valence-corrected chi connectivity index (χ0v) is 17.5. The van der Waals surface area contributed by atoms with E-state index >= 15 is 0 Å². The molecule has 0 saturated carbocycles. The number of benzene rings is 1. The molecule has 0 N–H and O–H groups in total. The van der Waals surface area contributed by atoms with Crippen molar-refractivity contribution >= 4 is 44.6 Å². The van der Waals surface area contributed by atoms with Gasteiger partial charge in [-0.1, -0.05) is 48.2 Å². The number of sulfone groups is 1. The van der Waals surface area contributed by atoms with Gasteiger partial charge in [0.05, 0.1) is 15.8 Å². The highest BCUT2D eigenvalue weighted by Gasteiger charge is 2.25. The molecule has 28 heavy (non-hydrogen) atoms. The van der Waals surface area contributed by atoms with Crippen LogP contribution >= 0.6 is 23.2 Å². The van der Waals surface area contributed by atoms with E-state index in [1.807, 2.05) is 16.7 Å². The lowest BCUT2D eigenvalue weighted by atomic mass is 10.2. The van der Waals surface area contributed by atoms with Crippen LogP contribution in [0.2, 0.25) is 10.0 Å². The standard InChI is InChI=1S/C19H20Cl2N4O2S/c20-15-8-5-9-16(21)17(15)28(26,27)13-14-7-6-12-25-18(14)22-23-19(25)24-10-3-1-2-4-11-24/h5-9,12H,1-4,10-11,13H2. The Morgan fingerprint density at radius 2 is 1.61 bits per heavy atom. The van der Waals surface area contributed by atoms with E-state index in [4.69, 9.17) is 23.2 Å². The molecule has 1 saturated heterocycles. The third kappa shape index (κ3) is 3.71. The first-order valence-electron chi connectivity index (χ1n) is 9.22. The minimum absolute atomic E-state index is 0.0485. The number of nitrogens with zero attached hydrogens (tertiary/aromatic N) is 4. The van der Waals surface area contributed by atoms with Crippen LogP contribution in [-0.4, -0.2) is 36.1 Å². The van der Waals surface area contributed by atoms with Crippen molar-refractivity contribution in [2.75, 3.05) is 18.0 Å². The average molecular weight is 439 g/mol. The zero-order valence-electron chi connectivity index (χ0n) is 15.2. The molecule has 1 aromatic carbocycles. The van der Waals surface area contributed by atoms with Gasteiger partial charge >= 0.3 is 0 Å². The van der Waals surface area contributed by atoms with E-state index in [9.17, 15) is 8.42 Å². The second-order valence-electron chi connectivity index (χ2n) is 6.94. The lowest BCUT2D eigenvalue weighted by Gasteiger charge is -2.19. The number of hydrogen-bond donors (Lipinski definition) is 0. The van der Waals surface area contributed by atoms with Crippen molar-refractivity contribution in [1.82, 2.24) is 14.6 Å². The summed E-state index contributed by atoms with van der Waals surface area (Å²) in [6.07, 6.45) is 6.54. The van der Waals surface area contributed by atoms with Crippen molar-refractivity contribution in [2.24, 2.45) is 0 Å². The lowest BCUT2D eigenvalue weighted by molar-refractivity contribution is 0.595. The molecule has 4 rings (SSSR count). The van der Waals surface area contributed by atoms with Gasteiger partial charge in [0.15, 0.2) is 15.5 Å². The van der Waals surface area contributed by atoms with Crippen molar-refractivity contribution in [3.63, 3.8) is 0 Å². The van der Waals surface area contributed by atoms with Crippen LogP contribution in [0.1, 0.15) is 31.2 Å². The first-order chi connectivity index (χ1) is 13.5. The molecule has 148 valence electrons. The number of hydrogen-bond acceptors (Lipinski definition) is 5. The van der Waals surface area contributed by atoms with Gasteiger partial charge in [-0.2, -0.15) is 0 Å². The molecule has 1 aliphatic heterocycles. The van der Waals surface area contributed by atoms with E-state index in [-0.39, 0.29) is 20.7 Å². The van der Waals surface area contributed by atoms with Gasteiger partial charge in [-0.3, -0.25) is 4.40 Å². The predicted molar refractivity (Wildman–Crippen MR) is 111 cm³/mol. The van der Waals surface area contributed by atoms with Gasteiger partial charge in [-0.15, -0.1) is 10.2 Å². The van der Waals surface area contributed by atoms with Gasteiger partial charge in [-0.25, -0.2) is 8.42 Å². The van der Waals surface area contributed by atoms with Crippen LogP contribution < -0.4 is 4.90 Å². The fraction of sp³-hybridized carbons (Fsp3) is 0.368. The molecule has 0 unspecified atom stereocenters. The third-order valence-corrected chi connectivity index (χ3v) is 7.57. The van der Waals surface area contributed by atoms with E-state index < -0.39 is 9.84 Å². The van der Waals surface area contributed by atoms with Gasteiger partial charge in [0.1, 0.15) is 4.90 Å². The number of anilines is 1. The van der Waals surface area contributed by atoms with Crippen molar-refractivity contribution < 1.29 is 8.42 Å². The largest absolute Gasteiger partial charge is 0.341 e. The molecular weight excluding hydrogens is 419 g/mol. The van der Waals surface area contributed by atoms with Crippen LogP contribution in [-0.2, 0) is 15.6 Å². The highest BCUT2D eigenvalue weighted by Crippen LogP contribution is 2.32. The summed E-state index contributed by atoms with van der Waals surface area (Å²) >= 11 is 12.2. The fourth-order valence-corrected chi connectivity index (χ4v) is 6.23. The maximum absolute atomic E-state index is 13.0. The predicted octanol–water partition coefficient (Wildman–Crippen LogP) is 4.39. The van der Waals surface area contributed by atoms with Gasteiger partial charge < -0.3 is 4.90 Å². The molecule has 0 amide bonds. The van der Waals surface area contributed by atoms with E-state index in [1.165, 1.54) is 25.0 Å². The SMILES string of the molecule is O=S(=O)(Cc1cccn2c(N3CCCCCC3)nnc12)c1c(Cl)cccc1Cl. The summed E-state index contributed by atoms with van der Waals surface area (Å²) in [5, 5.41) is 8.87. The first-order valence-corrected chi connectivity index (χ1v) is 11.6. The van der Waals surface area contributed by atoms with Gasteiger partial charge in [0.2, 0.25) is 5.95 Å². The number of aromatic nitrogens is 3. The van der Waals surface area contributed by atoms with Crippen LogP contribution in [0.25, 0.3) is 5.65 Å². The van der Waals surface area contributed by atoms with E-state index in [2.05, 4.69) is 15.1 Å². The van der Waals surface area contributed by atoms with Crippen LogP contribution in [0.15, 0.2) is 41.4 Å². The lowest BCUT2D eigenvalue weighted by Crippen LogP contribution is -2.26. The van der Waals surface area contributed by atoms with E-state index in [1.54, 1.807) is 12.1 Å². The highest BCUT2D eigenvalue weighted by molar-refractivity contribution is 7.91. The molecule has 1 fully saturated rings. The monoisotopic (exact) mass is 438 g/mol. The zero-order chi connectivity index (χ0) is 19.7. The number of halogens is 2. The Hall–Kier alpha value is -1.83. The van der Waals surface area contributed by atoms with Gasteiger partial charge in [0, 0.05) is 24.8 Å². The topological polar surface area (TPSA) is 67.6 Å². The fourth-order valence-electron chi connectivity index (χ4n) is 3.61. The highest BCUT2D eigenvalue weighted by atomic mass is 35.5. The molecule has 1 aliphatic rings. The van der Waals surface area contributed by atoms with E-state index in [0.29, 0.717) is 11.2 Å². The van der Waals surface area contributed by atoms with Crippen molar-refractivity contribution in [3.05, 3.63) is 52.1 Å². The van der Waals surface area contributed by atoms with Crippen molar-refractivity contribution in [2.45, 2.75) is 36.3 Å². The molecule has 0 atom stereocenters. The van der Waals surface area contributed by atoms with Crippen molar-refractivity contribution in [3.8, 4) is 0 Å². The molecule has 3 aromatic rings. The summed E-state index contributed by atoms with van der Waals surface area (Å²) in [6.45, 7) is 1.86. The molecule has 9 heteroatoms. The Morgan fingerprint density at radius 3 is 2.29 bits per heavy atom. The quantitative estimate of drug-likeness (QED) is 0.603. The second kappa shape index (κ2) is 7.89. The second-order valence-corrected chi connectivity index (χ2v) is 9.68. The summed E-state index contributed by atoms with van der Waals surface area (Å²) in [7, 11) is -3.75. The Kier molecular flexibility index (Phi) is 5.49. The Morgan fingerprint density at radius 1 is 0.929 bits per heavy atom. The smallest absolute Gasteiger partial charge is 0.231 e. The Labute approximate surface area is 174 Å².